The van der Waals surface area contributed by atoms with Crippen molar-refractivity contribution >= 4 is 0 Å². The van der Waals surface area contributed by atoms with Gasteiger partial charge in [-0.3, -0.25) is 0 Å². The van der Waals surface area contributed by atoms with Gasteiger partial charge in [0.25, 0.3) is 0 Å². The van der Waals surface area contributed by atoms with Gasteiger partial charge in [0.15, 0.2) is 0 Å². The molecule has 0 heteroatoms. The molecular weight excluding hydrogens is 144 g/mol. The molecule has 0 aromatic carbocycles. The first-order valence-corrected chi connectivity index (χ1v) is 5.54. The third-order valence-electron chi connectivity index (χ3n) is 1.56. The fraction of sp³-hybridized carbons (Fsp3) is 1.00. The molecule has 12 heavy (non-hydrogen) atoms. The molecule has 0 bridgehead atoms. The average molecular weight is 172 g/mol. The Balaban J connectivity index is 0. The highest BCUT2D eigenvalue weighted by Crippen LogP contribution is 2.10. The van der Waals surface area contributed by atoms with Crippen molar-refractivity contribution in [3.8, 4) is 0 Å². The van der Waals surface area contributed by atoms with Gasteiger partial charge in [0.05, 0.1) is 0 Å². The summed E-state index contributed by atoms with van der Waals surface area (Å²) in [6.45, 7) is 13.4. The van der Waals surface area contributed by atoms with Gasteiger partial charge in [-0.15, -0.1) is 0 Å². The zero-order valence-corrected chi connectivity index (χ0v) is 9.98. The minimum Gasteiger partial charge on any atom is -0.0654 e. The van der Waals surface area contributed by atoms with E-state index in [1.807, 2.05) is 0 Å². The third kappa shape index (κ3) is 22.5. The second-order valence-corrected chi connectivity index (χ2v) is 4.41. The molecule has 0 N–H and O–H groups in total. The highest BCUT2D eigenvalue weighted by atomic mass is 14.0. The lowest BCUT2D eigenvalue weighted by molar-refractivity contribution is 0.480. The summed E-state index contributed by atoms with van der Waals surface area (Å²) in [6.07, 6.45) is 5.52. The van der Waals surface area contributed by atoms with E-state index in [4.69, 9.17) is 0 Å². The highest BCUT2D eigenvalue weighted by Gasteiger charge is 1.95. The summed E-state index contributed by atoms with van der Waals surface area (Å²) in [4.78, 5) is 0. The van der Waals surface area contributed by atoms with Gasteiger partial charge in [-0.1, -0.05) is 67.2 Å². The molecule has 0 heterocycles. The lowest BCUT2D eigenvalue weighted by Crippen LogP contribution is -1.91. The van der Waals surface area contributed by atoms with E-state index in [1.165, 1.54) is 25.7 Å². The fourth-order valence-electron chi connectivity index (χ4n) is 1.13. The lowest BCUT2D eigenvalue weighted by atomic mass is 10.0. The van der Waals surface area contributed by atoms with Crippen LogP contribution in [0.2, 0.25) is 0 Å². The highest BCUT2D eigenvalue weighted by molar-refractivity contribution is 4.48. The van der Waals surface area contributed by atoms with E-state index in [-0.39, 0.29) is 0 Å². The minimum atomic E-state index is 0.833. The van der Waals surface area contributed by atoms with Crippen LogP contribution in [0, 0.1) is 11.8 Å². The summed E-state index contributed by atoms with van der Waals surface area (Å²) in [5.74, 6) is 1.80. The van der Waals surface area contributed by atoms with E-state index in [0.29, 0.717) is 0 Å². The monoisotopic (exact) mass is 172 g/mol. The summed E-state index contributed by atoms with van der Waals surface area (Å²) in [7, 11) is 0. The molecule has 0 amide bonds. The SMILES string of the molecule is CC(C)C.CCCC(C)CCC. The van der Waals surface area contributed by atoms with Gasteiger partial charge in [0, 0.05) is 0 Å². The van der Waals surface area contributed by atoms with Crippen LogP contribution < -0.4 is 0 Å². The van der Waals surface area contributed by atoms with Crippen LogP contribution >= 0.6 is 0 Å². The van der Waals surface area contributed by atoms with Crippen LogP contribution in [-0.2, 0) is 0 Å². The van der Waals surface area contributed by atoms with Crippen LogP contribution in [0.3, 0.4) is 0 Å². The maximum atomic E-state index is 2.34. The summed E-state index contributed by atoms with van der Waals surface area (Å²) in [6, 6.07) is 0. The minimum absolute atomic E-state index is 0.833. The Morgan fingerprint density at radius 1 is 0.750 bits per heavy atom. The maximum Gasteiger partial charge on any atom is -0.0443 e. The molecule has 0 aliphatic heterocycles. The zero-order valence-electron chi connectivity index (χ0n) is 9.98. The van der Waals surface area contributed by atoms with Crippen LogP contribution in [0.4, 0.5) is 0 Å². The smallest absolute Gasteiger partial charge is 0.0443 e. The molecule has 0 spiro atoms. The van der Waals surface area contributed by atoms with E-state index in [9.17, 15) is 0 Å². The van der Waals surface area contributed by atoms with Crippen molar-refractivity contribution in [3.05, 3.63) is 0 Å². The quantitative estimate of drug-likeness (QED) is 0.566. The standard InChI is InChI=1S/C8H18.C4H10/c1-4-6-8(3)7-5-2;1-4(2)3/h8H,4-7H2,1-3H3;4H,1-3H3. The van der Waals surface area contributed by atoms with Crippen LogP contribution in [0.25, 0.3) is 0 Å². The Labute approximate surface area is 79.8 Å². The Kier molecular flexibility index (Phi) is 13.3. The van der Waals surface area contributed by atoms with E-state index in [0.717, 1.165) is 11.8 Å². The molecule has 0 fully saturated rings. The van der Waals surface area contributed by atoms with E-state index < -0.39 is 0 Å². The predicted molar refractivity (Wildman–Crippen MR) is 59.5 cm³/mol. The first kappa shape index (κ1) is 14.5. The van der Waals surface area contributed by atoms with Gasteiger partial charge in [0.2, 0.25) is 0 Å². The van der Waals surface area contributed by atoms with Gasteiger partial charge in [-0.2, -0.15) is 0 Å². The third-order valence-corrected chi connectivity index (χ3v) is 1.56. The largest absolute Gasteiger partial charge is 0.0654 e. The van der Waals surface area contributed by atoms with Gasteiger partial charge in [-0.25, -0.2) is 0 Å². The second-order valence-electron chi connectivity index (χ2n) is 4.41. The maximum absolute atomic E-state index is 2.34. The molecule has 0 radical (unpaired) electrons. The molecule has 0 unspecified atom stereocenters. The normalized spacial score (nSPS) is 10.0. The van der Waals surface area contributed by atoms with Gasteiger partial charge in [-0.05, 0) is 11.8 Å². The van der Waals surface area contributed by atoms with Crippen molar-refractivity contribution in [1.29, 1.82) is 0 Å². The molecule has 0 rings (SSSR count). The predicted octanol–water partition coefficient (Wildman–Crippen LogP) is 4.89. The molecule has 0 aromatic rings. The zero-order chi connectivity index (χ0) is 9.98. The van der Waals surface area contributed by atoms with Crippen molar-refractivity contribution in [2.45, 2.75) is 67.2 Å². The molecule has 76 valence electrons. The summed E-state index contributed by atoms with van der Waals surface area (Å²) < 4.78 is 0. The van der Waals surface area contributed by atoms with Crippen LogP contribution in [0.1, 0.15) is 67.2 Å². The first-order chi connectivity index (χ1) is 5.54. The Morgan fingerprint density at radius 3 is 1.17 bits per heavy atom. The number of hydrogen-bond acceptors (Lipinski definition) is 0. The molecular formula is C12H28. The Bertz CT molecular complexity index is 55.7. The molecule has 0 saturated carbocycles. The summed E-state index contributed by atoms with van der Waals surface area (Å²) in [5, 5.41) is 0. The molecule has 0 aliphatic rings. The van der Waals surface area contributed by atoms with E-state index >= 15 is 0 Å². The van der Waals surface area contributed by atoms with Gasteiger partial charge >= 0.3 is 0 Å². The summed E-state index contributed by atoms with van der Waals surface area (Å²) >= 11 is 0. The topological polar surface area (TPSA) is 0 Å². The molecule has 0 atom stereocenters. The molecule has 0 aliphatic carbocycles. The van der Waals surface area contributed by atoms with Crippen LogP contribution in [-0.4, -0.2) is 0 Å². The molecule has 0 saturated heterocycles. The first-order valence-electron chi connectivity index (χ1n) is 5.54. The van der Waals surface area contributed by atoms with Crippen molar-refractivity contribution in [3.63, 3.8) is 0 Å². The molecule has 0 aromatic heterocycles. The Hall–Kier alpha value is 0. The van der Waals surface area contributed by atoms with Crippen molar-refractivity contribution < 1.29 is 0 Å². The Morgan fingerprint density at radius 2 is 1.00 bits per heavy atom. The average Bonchev–Trinajstić information content (AvgIpc) is 1.87. The van der Waals surface area contributed by atoms with Crippen molar-refractivity contribution in [1.82, 2.24) is 0 Å². The van der Waals surface area contributed by atoms with E-state index in [1.54, 1.807) is 0 Å². The van der Waals surface area contributed by atoms with Crippen molar-refractivity contribution in [2.24, 2.45) is 11.8 Å². The second kappa shape index (κ2) is 11.0. The van der Waals surface area contributed by atoms with Gasteiger partial charge < -0.3 is 0 Å². The number of hydrogen-bond donors (Lipinski definition) is 0. The molecule has 0 nitrogen and oxygen atoms in total. The van der Waals surface area contributed by atoms with E-state index in [2.05, 4.69) is 41.5 Å². The number of rotatable bonds is 4. The fourth-order valence-corrected chi connectivity index (χ4v) is 1.13. The van der Waals surface area contributed by atoms with Crippen LogP contribution in [0.5, 0.6) is 0 Å². The van der Waals surface area contributed by atoms with Gasteiger partial charge in [0.1, 0.15) is 0 Å². The lowest BCUT2D eigenvalue weighted by Gasteiger charge is -2.05. The summed E-state index contributed by atoms with van der Waals surface area (Å²) in [5.41, 5.74) is 0. The van der Waals surface area contributed by atoms with Crippen molar-refractivity contribution in [2.75, 3.05) is 0 Å². The van der Waals surface area contributed by atoms with Crippen LogP contribution in [0.15, 0.2) is 0 Å².